The highest BCUT2D eigenvalue weighted by atomic mass is 16.4. The monoisotopic (exact) mass is 216 g/mol. The van der Waals surface area contributed by atoms with Gasteiger partial charge in [-0.05, 0) is 12.8 Å². The number of carboxylic acid groups (broad SMARTS) is 1. The first-order valence-electron chi connectivity index (χ1n) is 5.05. The van der Waals surface area contributed by atoms with Gasteiger partial charge in [0.1, 0.15) is 0 Å². The van der Waals surface area contributed by atoms with Gasteiger partial charge in [-0.1, -0.05) is 12.8 Å². The van der Waals surface area contributed by atoms with E-state index in [-0.39, 0.29) is 12.6 Å². The molecule has 0 spiro atoms. The third-order valence-corrected chi connectivity index (χ3v) is 2.43. The number of carboxylic acids is 1. The first kappa shape index (κ1) is 11.8. The van der Waals surface area contributed by atoms with E-state index < -0.39 is 18.1 Å². The van der Waals surface area contributed by atoms with Crippen molar-refractivity contribution >= 4 is 12.0 Å². The van der Waals surface area contributed by atoms with Crippen LogP contribution in [0.2, 0.25) is 0 Å². The fourth-order valence-electron chi connectivity index (χ4n) is 1.58. The van der Waals surface area contributed by atoms with E-state index in [0.717, 1.165) is 25.7 Å². The van der Waals surface area contributed by atoms with Gasteiger partial charge in [-0.3, -0.25) is 0 Å². The summed E-state index contributed by atoms with van der Waals surface area (Å²) in [7, 11) is 0. The van der Waals surface area contributed by atoms with E-state index in [9.17, 15) is 9.59 Å². The van der Waals surface area contributed by atoms with Crippen LogP contribution in [0.4, 0.5) is 4.79 Å². The summed E-state index contributed by atoms with van der Waals surface area (Å²) in [5.74, 6) is -1.34. The Labute approximate surface area is 87.7 Å². The number of aliphatic hydroxyl groups excluding tert-OH is 1. The van der Waals surface area contributed by atoms with E-state index in [1.807, 2.05) is 0 Å². The van der Waals surface area contributed by atoms with Crippen molar-refractivity contribution in [3.63, 3.8) is 0 Å². The zero-order valence-corrected chi connectivity index (χ0v) is 8.40. The minimum atomic E-state index is -1.54. The number of amides is 2. The molecule has 1 fully saturated rings. The fourth-order valence-corrected chi connectivity index (χ4v) is 1.58. The van der Waals surface area contributed by atoms with Crippen molar-refractivity contribution < 1.29 is 19.8 Å². The lowest BCUT2D eigenvalue weighted by Gasteiger charge is -2.13. The average molecular weight is 216 g/mol. The van der Waals surface area contributed by atoms with Crippen LogP contribution in [-0.2, 0) is 4.79 Å². The minimum absolute atomic E-state index is 0.187. The van der Waals surface area contributed by atoms with Gasteiger partial charge in [-0.15, -0.1) is 0 Å². The van der Waals surface area contributed by atoms with Gasteiger partial charge in [0.15, 0.2) is 6.10 Å². The summed E-state index contributed by atoms with van der Waals surface area (Å²) in [4.78, 5) is 21.4. The molecule has 1 saturated carbocycles. The number of aliphatic hydroxyl groups is 1. The molecule has 1 aliphatic carbocycles. The second kappa shape index (κ2) is 5.55. The van der Waals surface area contributed by atoms with E-state index >= 15 is 0 Å². The molecule has 0 aromatic carbocycles. The topological polar surface area (TPSA) is 98.7 Å². The quantitative estimate of drug-likeness (QED) is 0.517. The summed E-state index contributed by atoms with van der Waals surface area (Å²) >= 11 is 0. The Morgan fingerprint density at radius 1 is 1.33 bits per heavy atom. The van der Waals surface area contributed by atoms with Gasteiger partial charge in [-0.2, -0.15) is 0 Å². The molecule has 0 aromatic heterocycles. The van der Waals surface area contributed by atoms with E-state index in [2.05, 4.69) is 10.6 Å². The summed E-state index contributed by atoms with van der Waals surface area (Å²) in [6.45, 7) is -0.270. The lowest BCUT2D eigenvalue weighted by molar-refractivity contribution is -0.146. The molecule has 6 nitrogen and oxygen atoms in total. The van der Waals surface area contributed by atoms with Crippen molar-refractivity contribution in [2.75, 3.05) is 6.54 Å². The molecule has 0 radical (unpaired) electrons. The molecule has 0 aromatic rings. The Hall–Kier alpha value is -1.30. The molecule has 0 bridgehead atoms. The Kier molecular flexibility index (Phi) is 4.36. The molecule has 4 N–H and O–H groups in total. The van der Waals surface area contributed by atoms with Crippen molar-refractivity contribution in [1.29, 1.82) is 0 Å². The number of carbonyl (C=O) groups excluding carboxylic acids is 1. The number of urea groups is 1. The number of aliphatic carboxylic acids is 1. The number of hydrogen-bond donors (Lipinski definition) is 4. The summed E-state index contributed by atoms with van der Waals surface area (Å²) in [5, 5.41) is 22.3. The number of nitrogens with one attached hydrogen (secondary N) is 2. The predicted octanol–water partition coefficient (Wildman–Crippen LogP) is -0.326. The van der Waals surface area contributed by atoms with E-state index in [4.69, 9.17) is 10.2 Å². The van der Waals surface area contributed by atoms with Crippen LogP contribution in [0.5, 0.6) is 0 Å². The molecule has 1 atom stereocenters. The molecule has 15 heavy (non-hydrogen) atoms. The fraction of sp³-hybridized carbons (Fsp3) is 0.778. The molecule has 0 saturated heterocycles. The van der Waals surface area contributed by atoms with Crippen molar-refractivity contribution in [3.05, 3.63) is 0 Å². The highest BCUT2D eigenvalue weighted by Crippen LogP contribution is 2.17. The molecule has 0 aliphatic heterocycles. The van der Waals surface area contributed by atoms with E-state index in [0.29, 0.717) is 0 Å². The standard InChI is InChI=1S/C9H16N2O4/c12-7(8(13)14)5-10-9(15)11-6-3-1-2-4-6/h6-7,12H,1-5H2,(H,13,14)(H2,10,11,15). The van der Waals surface area contributed by atoms with Crippen LogP contribution in [0.25, 0.3) is 0 Å². The van der Waals surface area contributed by atoms with Gasteiger partial charge < -0.3 is 20.8 Å². The molecule has 1 aliphatic rings. The van der Waals surface area contributed by atoms with Crippen molar-refractivity contribution in [2.24, 2.45) is 0 Å². The second-order valence-corrected chi connectivity index (χ2v) is 3.69. The Morgan fingerprint density at radius 2 is 1.93 bits per heavy atom. The summed E-state index contributed by atoms with van der Waals surface area (Å²) in [6.07, 6.45) is 2.62. The molecule has 86 valence electrons. The van der Waals surface area contributed by atoms with Crippen LogP contribution < -0.4 is 10.6 Å². The van der Waals surface area contributed by atoms with Crippen LogP contribution in [0, 0.1) is 0 Å². The van der Waals surface area contributed by atoms with Crippen molar-refractivity contribution in [1.82, 2.24) is 10.6 Å². The lowest BCUT2D eigenvalue weighted by atomic mass is 10.2. The third-order valence-electron chi connectivity index (χ3n) is 2.43. The van der Waals surface area contributed by atoms with Gasteiger partial charge in [0.2, 0.25) is 0 Å². The molecular weight excluding hydrogens is 200 g/mol. The van der Waals surface area contributed by atoms with Gasteiger partial charge in [0.05, 0.1) is 6.54 Å². The first-order valence-corrected chi connectivity index (χ1v) is 5.05. The molecule has 1 rings (SSSR count). The Balaban J connectivity index is 2.15. The van der Waals surface area contributed by atoms with Crippen LogP contribution in [0.15, 0.2) is 0 Å². The van der Waals surface area contributed by atoms with Crippen LogP contribution in [0.1, 0.15) is 25.7 Å². The SMILES string of the molecule is O=C(NCC(O)C(=O)O)NC1CCCC1. The number of hydrogen-bond acceptors (Lipinski definition) is 3. The average Bonchev–Trinajstić information content (AvgIpc) is 2.66. The highest BCUT2D eigenvalue weighted by molar-refractivity contribution is 5.76. The molecule has 1 unspecified atom stereocenters. The van der Waals surface area contributed by atoms with E-state index in [1.54, 1.807) is 0 Å². The second-order valence-electron chi connectivity index (χ2n) is 3.69. The van der Waals surface area contributed by atoms with Gasteiger partial charge in [-0.25, -0.2) is 9.59 Å². The first-order chi connectivity index (χ1) is 7.09. The summed E-state index contributed by atoms with van der Waals surface area (Å²) in [5.41, 5.74) is 0. The zero-order chi connectivity index (χ0) is 11.3. The van der Waals surface area contributed by atoms with Gasteiger partial charge >= 0.3 is 12.0 Å². The van der Waals surface area contributed by atoms with Gasteiger partial charge in [0.25, 0.3) is 0 Å². The molecule has 0 heterocycles. The van der Waals surface area contributed by atoms with Crippen LogP contribution >= 0.6 is 0 Å². The van der Waals surface area contributed by atoms with Crippen LogP contribution in [-0.4, -0.2) is 40.9 Å². The van der Waals surface area contributed by atoms with Crippen LogP contribution in [0.3, 0.4) is 0 Å². The maximum Gasteiger partial charge on any atom is 0.334 e. The normalized spacial score (nSPS) is 18.5. The smallest absolute Gasteiger partial charge is 0.334 e. The zero-order valence-electron chi connectivity index (χ0n) is 8.40. The maximum atomic E-state index is 11.2. The lowest BCUT2D eigenvalue weighted by Crippen LogP contribution is -2.45. The maximum absolute atomic E-state index is 11.2. The van der Waals surface area contributed by atoms with Crippen molar-refractivity contribution in [3.8, 4) is 0 Å². The van der Waals surface area contributed by atoms with Gasteiger partial charge in [0, 0.05) is 6.04 Å². The van der Waals surface area contributed by atoms with Crippen molar-refractivity contribution in [2.45, 2.75) is 37.8 Å². The molecule has 6 heteroatoms. The Morgan fingerprint density at radius 3 is 2.47 bits per heavy atom. The predicted molar refractivity (Wildman–Crippen MR) is 52.4 cm³/mol. The Bertz CT molecular complexity index is 238. The number of rotatable bonds is 4. The summed E-state index contributed by atoms with van der Waals surface area (Å²) < 4.78 is 0. The third kappa shape index (κ3) is 4.16. The summed E-state index contributed by atoms with van der Waals surface area (Å²) in [6, 6.07) is -0.228. The molecule has 2 amide bonds. The van der Waals surface area contributed by atoms with E-state index in [1.165, 1.54) is 0 Å². The highest BCUT2D eigenvalue weighted by Gasteiger charge is 2.18. The largest absolute Gasteiger partial charge is 0.479 e. The molecular formula is C9H16N2O4. The number of carbonyl (C=O) groups is 2. The minimum Gasteiger partial charge on any atom is -0.479 e.